The zero-order valence-electron chi connectivity index (χ0n) is 12.0. The van der Waals surface area contributed by atoms with Crippen molar-refractivity contribution in [3.8, 4) is 5.75 Å². The van der Waals surface area contributed by atoms with Gasteiger partial charge in [0.1, 0.15) is 17.4 Å². The van der Waals surface area contributed by atoms with Gasteiger partial charge in [0.2, 0.25) is 0 Å². The van der Waals surface area contributed by atoms with Gasteiger partial charge in [0.25, 0.3) is 0 Å². The van der Waals surface area contributed by atoms with Gasteiger partial charge in [-0.15, -0.1) is 0 Å². The Morgan fingerprint density at radius 1 is 1.32 bits per heavy atom. The Bertz CT molecular complexity index is 511. The molecule has 0 aromatic heterocycles. The lowest BCUT2D eigenvalue weighted by atomic mass is 9.92. The SMILES string of the molecule is O=C(O)N1CCC(CCCOc2cc(F)c(Br)c(F)c2)CC1. The minimum absolute atomic E-state index is 0.180. The van der Waals surface area contributed by atoms with Crippen LogP contribution in [0.15, 0.2) is 16.6 Å². The molecule has 2 rings (SSSR count). The molecule has 1 N–H and O–H groups in total. The van der Waals surface area contributed by atoms with Crippen LogP contribution in [0.25, 0.3) is 0 Å². The number of benzene rings is 1. The van der Waals surface area contributed by atoms with E-state index in [-0.39, 0.29) is 10.2 Å². The van der Waals surface area contributed by atoms with Crippen molar-refractivity contribution in [1.29, 1.82) is 0 Å². The number of carbonyl (C=O) groups is 1. The molecule has 1 aromatic carbocycles. The minimum Gasteiger partial charge on any atom is -0.493 e. The number of amides is 1. The fourth-order valence-corrected chi connectivity index (χ4v) is 2.82. The quantitative estimate of drug-likeness (QED) is 0.615. The van der Waals surface area contributed by atoms with Crippen molar-refractivity contribution in [3.05, 3.63) is 28.2 Å². The Kier molecular flexibility index (Phi) is 5.99. The van der Waals surface area contributed by atoms with Gasteiger partial charge in [-0.25, -0.2) is 13.6 Å². The first-order chi connectivity index (χ1) is 10.5. The first-order valence-corrected chi connectivity index (χ1v) is 8.02. The van der Waals surface area contributed by atoms with E-state index in [1.807, 2.05) is 0 Å². The monoisotopic (exact) mass is 377 g/mol. The van der Waals surface area contributed by atoms with Gasteiger partial charge in [-0.2, -0.15) is 0 Å². The predicted molar refractivity (Wildman–Crippen MR) is 81.1 cm³/mol. The molecule has 122 valence electrons. The van der Waals surface area contributed by atoms with E-state index in [1.54, 1.807) is 0 Å². The molecule has 1 aromatic rings. The Balaban J connectivity index is 1.69. The first-order valence-electron chi connectivity index (χ1n) is 7.22. The highest BCUT2D eigenvalue weighted by atomic mass is 79.9. The molecule has 0 aliphatic carbocycles. The van der Waals surface area contributed by atoms with Crippen molar-refractivity contribution in [2.24, 2.45) is 5.92 Å². The van der Waals surface area contributed by atoms with Crippen LogP contribution >= 0.6 is 15.9 Å². The molecule has 1 fully saturated rings. The summed E-state index contributed by atoms with van der Waals surface area (Å²) < 4.78 is 31.8. The molecular weight excluding hydrogens is 360 g/mol. The highest BCUT2D eigenvalue weighted by Crippen LogP contribution is 2.26. The molecule has 1 amide bonds. The number of nitrogens with zero attached hydrogens (tertiary/aromatic N) is 1. The van der Waals surface area contributed by atoms with Crippen LogP contribution < -0.4 is 4.74 Å². The van der Waals surface area contributed by atoms with Crippen LogP contribution in [0, 0.1) is 17.6 Å². The van der Waals surface area contributed by atoms with E-state index < -0.39 is 17.7 Å². The number of likely N-dealkylation sites (tertiary alicyclic amines) is 1. The Morgan fingerprint density at radius 3 is 2.45 bits per heavy atom. The standard InChI is InChI=1S/C15H18BrF2NO3/c16-14-12(17)8-11(9-13(14)18)22-7-1-2-10-3-5-19(6-4-10)15(20)21/h8-10H,1-7H2,(H,20,21). The second-order valence-electron chi connectivity index (χ2n) is 5.40. The van der Waals surface area contributed by atoms with E-state index in [9.17, 15) is 13.6 Å². The third-order valence-electron chi connectivity index (χ3n) is 3.87. The summed E-state index contributed by atoms with van der Waals surface area (Å²) in [6.45, 7) is 1.54. The third-order valence-corrected chi connectivity index (χ3v) is 4.63. The Labute approximate surface area is 136 Å². The zero-order valence-corrected chi connectivity index (χ0v) is 13.6. The summed E-state index contributed by atoms with van der Waals surface area (Å²) >= 11 is 2.81. The molecule has 1 saturated heterocycles. The highest BCUT2D eigenvalue weighted by Gasteiger charge is 2.21. The van der Waals surface area contributed by atoms with Gasteiger partial charge in [0, 0.05) is 25.2 Å². The summed E-state index contributed by atoms with van der Waals surface area (Å²) in [7, 11) is 0. The summed E-state index contributed by atoms with van der Waals surface area (Å²) in [4.78, 5) is 12.2. The topological polar surface area (TPSA) is 49.8 Å². The number of rotatable bonds is 5. The second kappa shape index (κ2) is 7.76. The largest absolute Gasteiger partial charge is 0.493 e. The van der Waals surface area contributed by atoms with Crippen molar-refractivity contribution >= 4 is 22.0 Å². The number of hydrogen-bond donors (Lipinski definition) is 1. The number of carboxylic acid groups (broad SMARTS) is 1. The van der Waals surface area contributed by atoms with Gasteiger partial charge in [-0.05, 0) is 47.5 Å². The second-order valence-corrected chi connectivity index (χ2v) is 6.20. The van der Waals surface area contributed by atoms with Gasteiger partial charge in [-0.3, -0.25) is 0 Å². The van der Waals surface area contributed by atoms with Crippen molar-refractivity contribution in [1.82, 2.24) is 4.90 Å². The summed E-state index contributed by atoms with van der Waals surface area (Å²) in [5.74, 6) is -0.705. The van der Waals surface area contributed by atoms with Crippen LogP contribution in [0.4, 0.5) is 13.6 Å². The molecule has 1 aliphatic rings. The Morgan fingerprint density at radius 2 is 1.91 bits per heavy atom. The van der Waals surface area contributed by atoms with Gasteiger partial charge in [-0.1, -0.05) is 0 Å². The average molecular weight is 378 g/mol. The average Bonchev–Trinajstić information content (AvgIpc) is 2.49. The van der Waals surface area contributed by atoms with Crippen LogP contribution in [-0.4, -0.2) is 35.8 Å². The van der Waals surface area contributed by atoms with E-state index in [2.05, 4.69) is 15.9 Å². The van der Waals surface area contributed by atoms with Crippen molar-refractivity contribution in [2.75, 3.05) is 19.7 Å². The maximum absolute atomic E-state index is 13.3. The highest BCUT2D eigenvalue weighted by molar-refractivity contribution is 9.10. The predicted octanol–water partition coefficient (Wildman–Crippen LogP) is 4.28. The molecule has 0 spiro atoms. The number of halogens is 3. The van der Waals surface area contributed by atoms with Crippen molar-refractivity contribution < 1.29 is 23.4 Å². The first kappa shape index (κ1) is 17.0. The molecular formula is C15H18BrF2NO3. The van der Waals surface area contributed by atoms with Gasteiger partial charge in [0.05, 0.1) is 11.1 Å². The number of hydrogen-bond acceptors (Lipinski definition) is 2. The van der Waals surface area contributed by atoms with Crippen LogP contribution in [0.2, 0.25) is 0 Å². The fraction of sp³-hybridized carbons (Fsp3) is 0.533. The van der Waals surface area contributed by atoms with Gasteiger partial charge >= 0.3 is 6.09 Å². The minimum atomic E-state index is -0.860. The van der Waals surface area contributed by atoms with Gasteiger partial charge < -0.3 is 14.7 Å². The van der Waals surface area contributed by atoms with E-state index in [0.29, 0.717) is 25.6 Å². The zero-order chi connectivity index (χ0) is 16.1. The van der Waals surface area contributed by atoms with Crippen molar-refractivity contribution in [3.63, 3.8) is 0 Å². The van der Waals surface area contributed by atoms with E-state index in [4.69, 9.17) is 9.84 Å². The normalized spacial score (nSPS) is 15.9. The molecule has 0 atom stereocenters. The smallest absolute Gasteiger partial charge is 0.407 e. The maximum Gasteiger partial charge on any atom is 0.407 e. The molecule has 1 heterocycles. The molecule has 4 nitrogen and oxygen atoms in total. The molecule has 0 radical (unpaired) electrons. The van der Waals surface area contributed by atoms with Gasteiger partial charge in [0.15, 0.2) is 0 Å². The summed E-state index contributed by atoms with van der Waals surface area (Å²) in [5, 5.41) is 8.87. The summed E-state index contributed by atoms with van der Waals surface area (Å²) in [5.41, 5.74) is 0. The Hall–Kier alpha value is -1.37. The molecule has 0 saturated carbocycles. The van der Waals surface area contributed by atoms with Crippen LogP contribution in [0.5, 0.6) is 5.75 Å². The van der Waals surface area contributed by atoms with E-state index in [0.717, 1.165) is 37.8 Å². The fourth-order valence-electron chi connectivity index (χ4n) is 2.59. The van der Waals surface area contributed by atoms with Crippen LogP contribution in [0.3, 0.4) is 0 Å². The van der Waals surface area contributed by atoms with Crippen LogP contribution in [0.1, 0.15) is 25.7 Å². The molecule has 0 unspecified atom stereocenters. The lowest BCUT2D eigenvalue weighted by molar-refractivity contribution is 0.121. The summed E-state index contributed by atoms with van der Waals surface area (Å²) in [6, 6.07) is 2.30. The molecule has 7 heteroatoms. The number of ether oxygens (including phenoxy) is 1. The maximum atomic E-state index is 13.3. The van der Waals surface area contributed by atoms with Crippen molar-refractivity contribution in [2.45, 2.75) is 25.7 Å². The molecule has 0 bridgehead atoms. The van der Waals surface area contributed by atoms with E-state index >= 15 is 0 Å². The lowest BCUT2D eigenvalue weighted by Gasteiger charge is -2.29. The molecule has 22 heavy (non-hydrogen) atoms. The molecule has 1 aliphatic heterocycles. The van der Waals surface area contributed by atoms with Crippen LogP contribution in [-0.2, 0) is 0 Å². The summed E-state index contributed by atoms with van der Waals surface area (Å²) in [6.07, 6.45) is 2.55. The number of piperidine rings is 1. The lowest BCUT2D eigenvalue weighted by Crippen LogP contribution is -2.37. The van der Waals surface area contributed by atoms with E-state index in [1.165, 1.54) is 4.90 Å². The third kappa shape index (κ3) is 4.56.